The number of nitrogens with zero attached hydrogens (tertiary/aromatic N) is 1. The zero-order valence-corrected chi connectivity index (χ0v) is 13.6. The highest BCUT2D eigenvalue weighted by Gasteiger charge is 2.53. The quantitative estimate of drug-likeness (QED) is 0.799. The molecule has 19 heavy (non-hydrogen) atoms. The van der Waals surface area contributed by atoms with Crippen LogP contribution in [0.4, 0.5) is 0 Å². The average Bonchev–Trinajstić information content (AvgIpc) is 2.78. The summed E-state index contributed by atoms with van der Waals surface area (Å²) in [4.78, 5) is 5.67. The van der Waals surface area contributed by atoms with Crippen LogP contribution in [-0.4, -0.2) is 30.4 Å². The molecule has 0 atom stereocenters. The molecule has 2 rings (SSSR count). The van der Waals surface area contributed by atoms with Gasteiger partial charge in [0.25, 0.3) is 5.19 Å². The van der Waals surface area contributed by atoms with Crippen molar-refractivity contribution in [3.8, 4) is 5.19 Å². The van der Waals surface area contributed by atoms with Gasteiger partial charge in [0.15, 0.2) is 0 Å². The molecule has 1 aliphatic heterocycles. The van der Waals surface area contributed by atoms with E-state index >= 15 is 0 Å². The van der Waals surface area contributed by atoms with E-state index in [0.29, 0.717) is 11.1 Å². The Morgan fingerprint density at radius 2 is 1.68 bits per heavy atom. The lowest BCUT2D eigenvalue weighted by Crippen LogP contribution is -2.41. The maximum Gasteiger partial charge on any atom is 0.515 e. The lowest BCUT2D eigenvalue weighted by molar-refractivity contribution is 0.00578. The van der Waals surface area contributed by atoms with Crippen LogP contribution in [0.15, 0.2) is 0 Å². The molecule has 0 aromatic carbocycles. The topological polar surface area (TPSA) is 40.6 Å². The van der Waals surface area contributed by atoms with Crippen molar-refractivity contribution in [3.05, 3.63) is 4.88 Å². The summed E-state index contributed by atoms with van der Waals surface area (Å²) in [7, 11) is 1.22. The summed E-state index contributed by atoms with van der Waals surface area (Å²) >= 11 is 1.56. The third-order valence-electron chi connectivity index (χ3n) is 3.84. The number of thiazole rings is 1. The number of aromatic nitrogens is 1. The second-order valence-electron chi connectivity index (χ2n) is 6.18. The van der Waals surface area contributed by atoms with Gasteiger partial charge in [0.1, 0.15) is 0 Å². The third-order valence-corrected chi connectivity index (χ3v) is 5.17. The fourth-order valence-electron chi connectivity index (χ4n) is 1.95. The fraction of sp³-hybridized carbons (Fsp3) is 0.769. The van der Waals surface area contributed by atoms with E-state index in [9.17, 15) is 0 Å². The van der Waals surface area contributed by atoms with Crippen LogP contribution in [0.3, 0.4) is 0 Å². The molecular formula is C13H22BNO3S. The number of methoxy groups -OCH3 is 1. The molecule has 1 aromatic rings. The van der Waals surface area contributed by atoms with Crippen molar-refractivity contribution in [1.82, 2.24) is 4.98 Å². The summed E-state index contributed by atoms with van der Waals surface area (Å²) in [6, 6.07) is 0. The van der Waals surface area contributed by atoms with Gasteiger partial charge in [-0.05, 0) is 33.6 Å². The first-order valence-electron chi connectivity index (χ1n) is 6.58. The van der Waals surface area contributed by atoms with E-state index < -0.39 is 7.12 Å². The molecule has 1 fully saturated rings. The normalized spacial score (nSPS) is 21.2. The van der Waals surface area contributed by atoms with E-state index in [1.807, 2.05) is 27.7 Å². The molecule has 0 spiro atoms. The SMILES string of the molecule is COc1nc(B2OC(C)(C)C(C)(C)O2)c(C(C)C)s1. The Morgan fingerprint density at radius 1 is 1.16 bits per heavy atom. The molecule has 2 heterocycles. The van der Waals surface area contributed by atoms with Crippen molar-refractivity contribution in [2.45, 2.75) is 58.7 Å². The molecule has 1 aliphatic rings. The van der Waals surface area contributed by atoms with E-state index in [-0.39, 0.29) is 11.2 Å². The van der Waals surface area contributed by atoms with E-state index in [4.69, 9.17) is 14.0 Å². The summed E-state index contributed by atoms with van der Waals surface area (Å²) < 4.78 is 17.4. The Hall–Kier alpha value is -0.585. The van der Waals surface area contributed by atoms with Crippen molar-refractivity contribution >= 4 is 24.0 Å². The monoisotopic (exact) mass is 283 g/mol. The number of rotatable bonds is 3. The Labute approximate surface area is 119 Å². The van der Waals surface area contributed by atoms with Crippen LogP contribution in [0.1, 0.15) is 52.3 Å². The Bertz CT molecular complexity index is 454. The molecule has 6 heteroatoms. The first-order chi connectivity index (χ1) is 8.68. The van der Waals surface area contributed by atoms with Crippen molar-refractivity contribution < 1.29 is 14.0 Å². The van der Waals surface area contributed by atoms with Gasteiger partial charge in [-0.3, -0.25) is 0 Å². The van der Waals surface area contributed by atoms with Crippen LogP contribution in [-0.2, 0) is 9.31 Å². The molecule has 0 aliphatic carbocycles. The van der Waals surface area contributed by atoms with Gasteiger partial charge in [-0.15, -0.1) is 0 Å². The van der Waals surface area contributed by atoms with Gasteiger partial charge < -0.3 is 14.0 Å². The molecule has 0 saturated carbocycles. The highest BCUT2D eigenvalue weighted by Crippen LogP contribution is 2.38. The highest BCUT2D eigenvalue weighted by molar-refractivity contribution is 7.14. The second kappa shape index (κ2) is 4.75. The molecule has 0 bridgehead atoms. The molecule has 0 unspecified atom stereocenters. The lowest BCUT2D eigenvalue weighted by atomic mass is 9.82. The number of ether oxygens (including phenoxy) is 1. The summed E-state index contributed by atoms with van der Waals surface area (Å²) in [6.45, 7) is 12.5. The lowest BCUT2D eigenvalue weighted by Gasteiger charge is -2.32. The largest absolute Gasteiger partial charge is 0.515 e. The Balaban J connectivity index is 2.36. The Morgan fingerprint density at radius 3 is 2.11 bits per heavy atom. The first kappa shape index (κ1) is 14.8. The van der Waals surface area contributed by atoms with Gasteiger partial charge in [-0.1, -0.05) is 25.2 Å². The van der Waals surface area contributed by atoms with E-state index in [1.165, 1.54) is 0 Å². The standard InChI is InChI=1S/C13H22BNO3S/c1-8(2)9-10(15-11(16-7)19-9)14-17-12(3,4)13(5,6)18-14/h8H,1-7H3. The molecule has 0 radical (unpaired) electrons. The zero-order valence-electron chi connectivity index (χ0n) is 12.7. The minimum absolute atomic E-state index is 0.344. The summed E-state index contributed by atoms with van der Waals surface area (Å²) in [5, 5.41) is 0.661. The van der Waals surface area contributed by atoms with Gasteiger partial charge in [-0.25, -0.2) is 4.98 Å². The number of hydrogen-bond donors (Lipinski definition) is 0. The molecule has 1 saturated heterocycles. The molecule has 0 N–H and O–H groups in total. The van der Waals surface area contributed by atoms with Gasteiger partial charge in [0.05, 0.1) is 23.9 Å². The molecular weight excluding hydrogens is 261 g/mol. The molecule has 0 amide bonds. The minimum atomic E-state index is -0.414. The highest BCUT2D eigenvalue weighted by atomic mass is 32.1. The van der Waals surface area contributed by atoms with Gasteiger partial charge in [-0.2, -0.15) is 0 Å². The predicted octanol–water partition coefficient (Wildman–Crippen LogP) is 2.57. The maximum atomic E-state index is 6.07. The van der Waals surface area contributed by atoms with Crippen LogP contribution in [0, 0.1) is 0 Å². The Kier molecular flexibility index (Phi) is 3.71. The third kappa shape index (κ3) is 2.53. The summed E-state index contributed by atoms with van der Waals surface area (Å²) in [5.41, 5.74) is 0.168. The van der Waals surface area contributed by atoms with Crippen LogP contribution >= 0.6 is 11.3 Å². The summed E-state index contributed by atoms with van der Waals surface area (Å²) in [5.74, 6) is 0.371. The van der Waals surface area contributed by atoms with Gasteiger partial charge in [0, 0.05) is 4.88 Å². The van der Waals surface area contributed by atoms with Gasteiger partial charge in [0.2, 0.25) is 0 Å². The van der Waals surface area contributed by atoms with Crippen LogP contribution in [0.5, 0.6) is 5.19 Å². The van der Waals surface area contributed by atoms with Gasteiger partial charge >= 0.3 is 7.12 Å². The predicted molar refractivity (Wildman–Crippen MR) is 78.5 cm³/mol. The summed E-state index contributed by atoms with van der Waals surface area (Å²) in [6.07, 6.45) is 0. The van der Waals surface area contributed by atoms with Crippen molar-refractivity contribution in [2.24, 2.45) is 0 Å². The average molecular weight is 283 g/mol. The zero-order chi connectivity index (χ0) is 14.4. The fourth-order valence-corrected chi connectivity index (χ4v) is 2.84. The van der Waals surface area contributed by atoms with Crippen LogP contribution in [0.25, 0.3) is 0 Å². The van der Waals surface area contributed by atoms with E-state index in [0.717, 1.165) is 10.5 Å². The second-order valence-corrected chi connectivity index (χ2v) is 7.17. The number of hydrogen-bond acceptors (Lipinski definition) is 5. The van der Waals surface area contributed by atoms with E-state index in [2.05, 4.69) is 18.8 Å². The first-order valence-corrected chi connectivity index (χ1v) is 7.40. The van der Waals surface area contributed by atoms with Crippen LogP contribution < -0.4 is 10.3 Å². The molecule has 1 aromatic heterocycles. The molecule has 4 nitrogen and oxygen atoms in total. The van der Waals surface area contributed by atoms with Crippen molar-refractivity contribution in [1.29, 1.82) is 0 Å². The van der Waals surface area contributed by atoms with E-state index in [1.54, 1.807) is 18.4 Å². The molecule has 106 valence electrons. The minimum Gasteiger partial charge on any atom is -0.473 e. The van der Waals surface area contributed by atoms with Crippen LogP contribution in [0.2, 0.25) is 0 Å². The van der Waals surface area contributed by atoms with Crippen molar-refractivity contribution in [2.75, 3.05) is 7.11 Å². The smallest absolute Gasteiger partial charge is 0.473 e. The van der Waals surface area contributed by atoms with Crippen molar-refractivity contribution in [3.63, 3.8) is 0 Å². The maximum absolute atomic E-state index is 6.07.